The third kappa shape index (κ3) is 8.51. The van der Waals surface area contributed by atoms with Crippen LogP contribution < -0.4 is 9.64 Å². The van der Waals surface area contributed by atoms with Gasteiger partial charge in [0.05, 0.1) is 16.9 Å². The van der Waals surface area contributed by atoms with Crippen molar-refractivity contribution in [2.75, 3.05) is 18.1 Å². The molecule has 2 aromatic heterocycles. The Balaban J connectivity index is 1.67. The van der Waals surface area contributed by atoms with E-state index in [1.807, 2.05) is 31.2 Å². The summed E-state index contributed by atoms with van der Waals surface area (Å²) in [6, 6.07) is 7.96. The number of anilines is 1. The van der Waals surface area contributed by atoms with Gasteiger partial charge in [0, 0.05) is 61.8 Å². The number of carbonyl (C=O) groups is 1. The molecule has 7 nitrogen and oxygen atoms in total. The minimum atomic E-state index is -0.493. The number of hydrogen-bond acceptors (Lipinski definition) is 6. The molecule has 1 amide bonds. The predicted molar refractivity (Wildman–Crippen MR) is 138 cm³/mol. The average molecular weight is 542 g/mol. The largest absolute Gasteiger partial charge is 0.464 e. The first-order chi connectivity index (χ1) is 17.0. The quantitative estimate of drug-likeness (QED) is 0.243. The van der Waals surface area contributed by atoms with E-state index in [0.29, 0.717) is 19.2 Å². The number of hydrogen-bond donors (Lipinski definition) is 0. The van der Waals surface area contributed by atoms with E-state index in [1.54, 1.807) is 29.7 Å². The maximum atomic E-state index is 13.2. The van der Waals surface area contributed by atoms with E-state index in [0.717, 1.165) is 52.8 Å². The van der Waals surface area contributed by atoms with Gasteiger partial charge in [-0.2, -0.15) is 0 Å². The van der Waals surface area contributed by atoms with E-state index in [4.69, 9.17) is 4.74 Å². The number of unbranched alkanes of at least 4 members (excludes halogenated alkanes) is 2. The Hall–Kier alpha value is -3.20. The number of carbonyl (C=O) groups excluding carboxylic acids is 1. The van der Waals surface area contributed by atoms with Crippen LogP contribution in [0.25, 0.3) is 11.1 Å². The number of nitrogens with zero attached hydrogens (tertiary/aromatic N) is 5. The third-order valence-electron chi connectivity index (χ3n) is 5.26. The zero-order valence-corrected chi connectivity index (χ0v) is 21.4. The smallest absolute Gasteiger partial charge is 0.316 e. The molecule has 0 saturated heterocycles. The fraction of sp³-hybridized carbons (Fsp3) is 0.346. The molecule has 184 valence electrons. The number of amides is 1. The summed E-state index contributed by atoms with van der Waals surface area (Å²) < 4.78 is 19.4. The lowest BCUT2D eigenvalue weighted by Gasteiger charge is -2.23. The Kier molecular flexibility index (Phi) is 10.3. The zero-order valence-electron chi connectivity index (χ0n) is 19.8. The third-order valence-corrected chi connectivity index (χ3v) is 5.67. The molecule has 2 heterocycles. The monoisotopic (exact) mass is 541 g/mol. The van der Waals surface area contributed by atoms with Crippen molar-refractivity contribution < 1.29 is 13.9 Å². The van der Waals surface area contributed by atoms with Crippen molar-refractivity contribution in [1.82, 2.24) is 19.9 Å². The summed E-state index contributed by atoms with van der Waals surface area (Å²) in [4.78, 5) is 31.7. The van der Waals surface area contributed by atoms with Crippen LogP contribution in [0.4, 0.5) is 10.1 Å². The topological polar surface area (TPSA) is 81.1 Å². The van der Waals surface area contributed by atoms with Crippen molar-refractivity contribution in [1.29, 1.82) is 0 Å². The molecule has 0 saturated carbocycles. The molecule has 35 heavy (non-hydrogen) atoms. The molecule has 0 unspecified atom stereocenters. The van der Waals surface area contributed by atoms with E-state index in [9.17, 15) is 9.18 Å². The molecule has 0 aliphatic rings. The maximum Gasteiger partial charge on any atom is 0.316 e. The molecule has 0 aliphatic carbocycles. The molecule has 3 aromatic rings. The number of allylic oxidation sites excluding steroid dienone is 1. The Morgan fingerprint density at radius 2 is 1.77 bits per heavy atom. The van der Waals surface area contributed by atoms with Gasteiger partial charge < -0.3 is 9.64 Å². The summed E-state index contributed by atoms with van der Waals surface area (Å²) in [5.74, 6) is 0.168. The number of benzene rings is 1. The molecule has 0 spiro atoms. The highest BCUT2D eigenvalue weighted by atomic mass is 79.9. The van der Waals surface area contributed by atoms with E-state index < -0.39 is 5.83 Å². The van der Waals surface area contributed by atoms with Gasteiger partial charge in [-0.25, -0.2) is 24.3 Å². The van der Waals surface area contributed by atoms with E-state index in [-0.39, 0.29) is 18.7 Å². The van der Waals surface area contributed by atoms with Crippen LogP contribution in [0.15, 0.2) is 65.9 Å². The highest BCUT2D eigenvalue weighted by Crippen LogP contribution is 2.26. The van der Waals surface area contributed by atoms with Gasteiger partial charge in [0.2, 0.25) is 5.91 Å². The van der Waals surface area contributed by atoms with Crippen molar-refractivity contribution in [2.24, 2.45) is 0 Å². The van der Waals surface area contributed by atoms with Gasteiger partial charge in [-0.05, 0) is 53.4 Å². The minimum absolute atomic E-state index is 0.0165. The molecule has 0 radical (unpaired) electrons. The van der Waals surface area contributed by atoms with Gasteiger partial charge in [-0.15, -0.1) is 0 Å². The summed E-state index contributed by atoms with van der Waals surface area (Å²) in [7, 11) is 0. The molecule has 0 bridgehead atoms. The number of rotatable bonds is 13. The van der Waals surface area contributed by atoms with Crippen LogP contribution in [-0.2, 0) is 11.2 Å². The van der Waals surface area contributed by atoms with E-state index >= 15 is 0 Å². The highest BCUT2D eigenvalue weighted by Gasteiger charge is 2.17. The second kappa shape index (κ2) is 13.6. The number of aryl methyl sites for hydroxylation is 1. The highest BCUT2D eigenvalue weighted by molar-refractivity contribution is 9.10. The first-order valence-electron chi connectivity index (χ1n) is 11.6. The molecule has 1 aromatic carbocycles. The molecule has 0 aliphatic heterocycles. The Morgan fingerprint density at radius 1 is 1.03 bits per heavy atom. The van der Waals surface area contributed by atoms with Crippen molar-refractivity contribution in [3.05, 3.63) is 71.8 Å². The van der Waals surface area contributed by atoms with E-state index in [1.165, 1.54) is 0 Å². The van der Waals surface area contributed by atoms with Gasteiger partial charge in [-0.1, -0.05) is 25.1 Å². The molecular weight excluding hydrogens is 513 g/mol. The average Bonchev–Trinajstić information content (AvgIpc) is 2.86. The van der Waals surface area contributed by atoms with Crippen LogP contribution >= 0.6 is 15.9 Å². The van der Waals surface area contributed by atoms with Crippen molar-refractivity contribution in [3.8, 4) is 17.1 Å². The Labute approximate surface area is 213 Å². The van der Waals surface area contributed by atoms with Gasteiger partial charge in [0.1, 0.15) is 5.82 Å². The summed E-state index contributed by atoms with van der Waals surface area (Å²) in [6.07, 6.45) is 10.3. The molecule has 0 N–H and O–H groups in total. The lowest BCUT2D eigenvalue weighted by molar-refractivity contribution is -0.118. The lowest BCUT2D eigenvalue weighted by Crippen LogP contribution is -2.31. The first kappa shape index (κ1) is 26.4. The van der Waals surface area contributed by atoms with Gasteiger partial charge in [0.25, 0.3) is 0 Å². The normalized spacial score (nSPS) is 10.7. The number of ether oxygens (including phenoxy) is 1. The molecule has 0 atom stereocenters. The van der Waals surface area contributed by atoms with Crippen LogP contribution in [0.3, 0.4) is 0 Å². The van der Waals surface area contributed by atoms with Gasteiger partial charge in [-0.3, -0.25) is 4.79 Å². The standard InChI is InChI=1S/C26H29BrFN5O2/c1-3-35-26-31-15-21(16-32-26)20-8-7-9-23(14-20)33(25(34)12-11-19(2)28)13-6-4-5-10-24-29-17-22(27)18-30-24/h7-9,14-18H,2-6,10-13H2,1H3. The second-order valence-electron chi connectivity index (χ2n) is 7.93. The lowest BCUT2D eigenvalue weighted by atomic mass is 10.1. The molecule has 9 heteroatoms. The van der Waals surface area contributed by atoms with Crippen molar-refractivity contribution >= 4 is 27.5 Å². The first-order valence-corrected chi connectivity index (χ1v) is 12.4. The van der Waals surface area contributed by atoms with Crippen LogP contribution in [0, 0.1) is 0 Å². The summed E-state index contributed by atoms with van der Waals surface area (Å²) >= 11 is 3.34. The van der Waals surface area contributed by atoms with Crippen molar-refractivity contribution in [2.45, 2.75) is 45.4 Å². The fourth-order valence-corrected chi connectivity index (χ4v) is 3.70. The zero-order chi connectivity index (χ0) is 25.0. The summed E-state index contributed by atoms with van der Waals surface area (Å²) in [5.41, 5.74) is 2.45. The van der Waals surface area contributed by atoms with Crippen molar-refractivity contribution in [3.63, 3.8) is 0 Å². The fourth-order valence-electron chi connectivity index (χ4n) is 3.50. The number of halogens is 2. The number of aromatic nitrogens is 4. The van der Waals surface area contributed by atoms with Crippen LogP contribution in [0.5, 0.6) is 6.01 Å². The maximum absolute atomic E-state index is 13.2. The summed E-state index contributed by atoms with van der Waals surface area (Å²) in [5, 5.41) is 0. The Morgan fingerprint density at radius 3 is 2.46 bits per heavy atom. The minimum Gasteiger partial charge on any atom is -0.464 e. The molecule has 3 rings (SSSR count). The second-order valence-corrected chi connectivity index (χ2v) is 8.84. The van der Waals surface area contributed by atoms with Crippen LogP contribution in [0.1, 0.15) is 44.9 Å². The predicted octanol–water partition coefficient (Wildman–Crippen LogP) is 6.10. The van der Waals surface area contributed by atoms with E-state index in [2.05, 4.69) is 42.4 Å². The van der Waals surface area contributed by atoms with Crippen LogP contribution in [-0.4, -0.2) is 39.0 Å². The van der Waals surface area contributed by atoms with Gasteiger partial charge in [0.15, 0.2) is 0 Å². The SMILES string of the molecule is C=C(F)CCC(=O)N(CCCCCc1ncc(Br)cn1)c1cccc(-c2cnc(OCC)nc2)c1. The molecular formula is C26H29BrFN5O2. The Bertz CT molecular complexity index is 1110. The molecule has 0 fully saturated rings. The summed E-state index contributed by atoms with van der Waals surface area (Å²) in [6.45, 7) is 6.17. The van der Waals surface area contributed by atoms with Gasteiger partial charge >= 0.3 is 6.01 Å². The van der Waals surface area contributed by atoms with Crippen LogP contribution in [0.2, 0.25) is 0 Å².